The number of phosphoric acid groups is 1. The third kappa shape index (κ3) is 10.5. The molecule has 242 valence electrons. The Balaban J connectivity index is 2.24. The van der Waals surface area contributed by atoms with Crippen LogP contribution in [-0.2, 0) is 32.5 Å². The molecule has 3 N–H and O–H groups in total. The van der Waals surface area contributed by atoms with Crippen LogP contribution in [0.3, 0.4) is 0 Å². The number of phosphoric ester groups is 1. The van der Waals surface area contributed by atoms with Crippen molar-refractivity contribution in [1.82, 2.24) is 9.55 Å². The van der Waals surface area contributed by atoms with Crippen molar-refractivity contribution in [3.63, 3.8) is 0 Å². The topological polar surface area (TPSA) is 218 Å². The molecule has 1 saturated heterocycles. The van der Waals surface area contributed by atoms with Crippen molar-refractivity contribution in [1.29, 1.82) is 0 Å². The summed E-state index contributed by atoms with van der Waals surface area (Å²) in [5.41, 5.74) is 10.1. The number of nitrogen functional groups attached to an aromatic ring is 1. The monoisotopic (exact) mass is 668 g/mol. The van der Waals surface area contributed by atoms with Gasteiger partial charge in [-0.3, -0.25) is 27.7 Å². The summed E-state index contributed by atoms with van der Waals surface area (Å²) in [6.45, 7) is 8.39. The molecule has 0 aliphatic carbocycles. The number of azide groups is 1. The Kier molecular flexibility index (Phi) is 13.2. The highest BCUT2D eigenvalue weighted by molar-refractivity contribution is 8.14. The van der Waals surface area contributed by atoms with Crippen LogP contribution < -0.4 is 11.4 Å². The minimum atomic E-state index is -4.50. The first-order valence-corrected chi connectivity index (χ1v) is 16.5. The number of nitrogens with two attached hydrogens (primary N) is 1. The van der Waals surface area contributed by atoms with Gasteiger partial charge in [-0.2, -0.15) is 4.98 Å². The lowest BCUT2D eigenvalue weighted by Crippen LogP contribution is -2.48. The van der Waals surface area contributed by atoms with Gasteiger partial charge < -0.3 is 15.6 Å². The Morgan fingerprint density at radius 1 is 1.19 bits per heavy atom. The molecular weight excluding hydrogens is 630 g/mol. The van der Waals surface area contributed by atoms with Crippen LogP contribution in [0.25, 0.3) is 10.4 Å². The molecule has 0 amide bonds. The van der Waals surface area contributed by atoms with E-state index in [2.05, 4.69) is 15.0 Å². The average Bonchev–Trinajstić information content (AvgIpc) is 3.15. The Hall–Kier alpha value is -2.01. The summed E-state index contributed by atoms with van der Waals surface area (Å²) in [6, 6.07) is 1.22. The van der Waals surface area contributed by atoms with E-state index in [1.165, 1.54) is 6.07 Å². The second-order valence-corrected chi connectivity index (χ2v) is 15.4. The first kappa shape index (κ1) is 37.2. The molecule has 1 fully saturated rings. The van der Waals surface area contributed by atoms with Crippen LogP contribution >= 0.6 is 31.3 Å². The molecule has 2 rings (SSSR count). The predicted molar refractivity (Wildman–Crippen MR) is 160 cm³/mol. The second-order valence-electron chi connectivity index (χ2n) is 11.6. The molecule has 0 bridgehead atoms. The quantitative estimate of drug-likeness (QED) is 0.0947. The number of thioether (sulfide) groups is 2. The Morgan fingerprint density at radius 3 is 2.19 bits per heavy atom. The maximum Gasteiger partial charge on any atom is 0.474 e. The number of halogens is 1. The Labute approximate surface area is 257 Å². The van der Waals surface area contributed by atoms with E-state index in [9.17, 15) is 24.1 Å². The highest BCUT2D eigenvalue weighted by Gasteiger charge is 2.57. The molecular formula is C24H38FN6O9PS2. The van der Waals surface area contributed by atoms with Gasteiger partial charge >= 0.3 is 13.5 Å². The molecule has 43 heavy (non-hydrogen) atoms. The lowest BCUT2D eigenvalue weighted by atomic mass is 9.97. The molecule has 2 heterocycles. The number of carbonyl (C=O) groups excluding carboxylic acids is 2. The number of carbonyl (C=O) groups is 2. The summed E-state index contributed by atoms with van der Waals surface area (Å²) in [5.74, 6) is 0.0580. The van der Waals surface area contributed by atoms with Crippen LogP contribution in [0.1, 0.15) is 47.8 Å². The van der Waals surface area contributed by atoms with Crippen LogP contribution in [0.4, 0.5) is 10.2 Å². The molecule has 1 aromatic rings. The van der Waals surface area contributed by atoms with E-state index in [0.29, 0.717) is 0 Å². The van der Waals surface area contributed by atoms with Crippen molar-refractivity contribution < 1.29 is 42.0 Å². The number of rotatable bonds is 14. The van der Waals surface area contributed by atoms with Crippen molar-refractivity contribution >= 4 is 47.4 Å². The van der Waals surface area contributed by atoms with Gasteiger partial charge in [-0.05, 0) is 11.6 Å². The van der Waals surface area contributed by atoms with Gasteiger partial charge in [0.15, 0.2) is 22.6 Å². The summed E-state index contributed by atoms with van der Waals surface area (Å²) in [6.07, 6.45) is -4.88. The van der Waals surface area contributed by atoms with Crippen LogP contribution in [-0.4, -0.2) is 80.6 Å². The van der Waals surface area contributed by atoms with Crippen molar-refractivity contribution in [2.24, 2.45) is 15.9 Å². The number of aliphatic hydroxyl groups is 1. The molecule has 1 aromatic heterocycles. The van der Waals surface area contributed by atoms with Crippen LogP contribution in [0, 0.1) is 10.8 Å². The highest BCUT2D eigenvalue weighted by Crippen LogP contribution is 2.52. The summed E-state index contributed by atoms with van der Waals surface area (Å²) in [7, 11) is -4.50. The highest BCUT2D eigenvalue weighted by atomic mass is 32.2. The van der Waals surface area contributed by atoms with E-state index in [1.54, 1.807) is 41.5 Å². The van der Waals surface area contributed by atoms with E-state index in [0.717, 1.165) is 34.3 Å². The molecule has 0 spiro atoms. The fourth-order valence-electron chi connectivity index (χ4n) is 3.40. The van der Waals surface area contributed by atoms with Crippen molar-refractivity contribution in [2.45, 2.75) is 65.6 Å². The zero-order valence-electron chi connectivity index (χ0n) is 24.8. The SMILES string of the molecule is CC(C)(C)C(=O)SCCOP(=O)(OCCSC(=O)C(C)(C)C)OC[C@@]1(CN=[N+]=[N-])OC(n2ccc(N)nc2=O)[C@H](F)[C@@H]1O. The molecule has 15 nitrogen and oxygen atoms in total. The van der Waals surface area contributed by atoms with E-state index in [1.807, 2.05) is 0 Å². The van der Waals surface area contributed by atoms with Gasteiger partial charge in [0.1, 0.15) is 17.5 Å². The van der Waals surface area contributed by atoms with Gasteiger partial charge in [0.05, 0.1) is 26.4 Å². The minimum absolute atomic E-state index is 0.0920. The minimum Gasteiger partial charge on any atom is -0.387 e. The third-order valence-corrected chi connectivity index (χ3v) is 9.75. The van der Waals surface area contributed by atoms with Gasteiger partial charge in [0, 0.05) is 33.4 Å². The summed E-state index contributed by atoms with van der Waals surface area (Å²) in [5, 5.41) is 14.0. The number of aliphatic hydroxyl groups excluding tert-OH is 1. The summed E-state index contributed by atoms with van der Waals surface area (Å²) in [4.78, 5) is 42.9. The van der Waals surface area contributed by atoms with E-state index >= 15 is 4.39 Å². The summed E-state index contributed by atoms with van der Waals surface area (Å²) >= 11 is 1.90. The molecule has 0 saturated carbocycles. The fraction of sp³-hybridized carbons (Fsp3) is 0.750. The van der Waals surface area contributed by atoms with Crippen LogP contribution in [0.15, 0.2) is 22.2 Å². The van der Waals surface area contributed by atoms with Gasteiger partial charge in [0.2, 0.25) is 0 Å². The molecule has 0 aromatic carbocycles. The number of hydrogen-bond acceptors (Lipinski definition) is 14. The molecule has 19 heteroatoms. The maximum absolute atomic E-state index is 15.3. The number of anilines is 1. The second kappa shape index (κ2) is 15.3. The molecule has 4 atom stereocenters. The normalized spacial score (nSPS) is 22.7. The van der Waals surface area contributed by atoms with Crippen LogP contribution in [0.2, 0.25) is 0 Å². The number of hydrogen-bond donors (Lipinski definition) is 2. The fourth-order valence-corrected chi connectivity index (χ4v) is 6.45. The smallest absolute Gasteiger partial charge is 0.387 e. The molecule has 1 aliphatic rings. The Bertz CT molecular complexity index is 1260. The number of aromatic nitrogens is 2. The standard InChI is InChI=1S/C24H38FN6O9PS2/c1-22(2,3)19(33)42-11-9-37-41(36,38-10-12-43-20(34)23(4,5)6)39-14-24(13-28-30-27)17(32)16(25)18(40-24)31-8-7-15(26)29-21(31)35/h7-8,16-18,32H,9-14H2,1-6H3,(H2,26,29,35)/t16-,17+,18?,24-/m1/s1. The molecule has 1 unspecified atom stereocenters. The molecule has 1 aliphatic heterocycles. The van der Waals surface area contributed by atoms with Crippen LogP contribution in [0.5, 0.6) is 0 Å². The first-order valence-electron chi connectivity index (χ1n) is 13.1. The zero-order valence-corrected chi connectivity index (χ0v) is 27.3. The number of nitrogens with zero attached hydrogens (tertiary/aromatic N) is 5. The lowest BCUT2D eigenvalue weighted by molar-refractivity contribution is -0.122. The van der Waals surface area contributed by atoms with Gasteiger partial charge in [-0.1, -0.05) is 70.2 Å². The van der Waals surface area contributed by atoms with E-state index < -0.39 is 61.6 Å². The largest absolute Gasteiger partial charge is 0.474 e. The zero-order chi connectivity index (χ0) is 32.6. The number of alkyl halides is 1. The van der Waals surface area contributed by atoms with Crippen molar-refractivity contribution in [3.05, 3.63) is 33.2 Å². The van der Waals surface area contributed by atoms with E-state index in [-0.39, 0.29) is 40.8 Å². The van der Waals surface area contributed by atoms with Crippen molar-refractivity contribution in [2.75, 3.05) is 43.6 Å². The maximum atomic E-state index is 15.3. The summed E-state index contributed by atoms with van der Waals surface area (Å²) < 4.78 is 51.7. The predicted octanol–water partition coefficient (Wildman–Crippen LogP) is 3.87. The lowest BCUT2D eigenvalue weighted by Gasteiger charge is -2.31. The average molecular weight is 669 g/mol. The third-order valence-electron chi connectivity index (χ3n) is 5.82. The Morgan fingerprint density at radius 2 is 1.72 bits per heavy atom. The molecule has 0 radical (unpaired) electrons. The van der Waals surface area contributed by atoms with Gasteiger partial charge in [-0.15, -0.1) is 0 Å². The van der Waals surface area contributed by atoms with Gasteiger partial charge in [0.25, 0.3) is 0 Å². The van der Waals surface area contributed by atoms with E-state index in [4.69, 9.17) is 29.6 Å². The number of ether oxygens (including phenoxy) is 1. The van der Waals surface area contributed by atoms with Gasteiger partial charge in [-0.25, -0.2) is 13.8 Å². The van der Waals surface area contributed by atoms with Crippen molar-refractivity contribution in [3.8, 4) is 0 Å². The first-order chi connectivity index (χ1) is 19.8.